The Bertz CT molecular complexity index is 3640. The largest absolute Gasteiger partial charge is 0.333 e. The summed E-state index contributed by atoms with van der Waals surface area (Å²) in [6, 6.07) is 75.6. The van der Waals surface area contributed by atoms with Gasteiger partial charge in [-0.05, 0) is 95.6 Å². The molecule has 2 unspecified atom stereocenters. The third-order valence-corrected chi connectivity index (χ3v) is 15.1. The highest BCUT2D eigenvalue weighted by Gasteiger charge is 2.37. The summed E-state index contributed by atoms with van der Waals surface area (Å²) in [5, 5.41) is 6.06. The van der Waals surface area contributed by atoms with E-state index in [0.29, 0.717) is 5.92 Å². The number of hydrogen-bond donors (Lipinski definition) is 0. The number of thiazole rings is 1. The summed E-state index contributed by atoms with van der Waals surface area (Å²) in [7, 11) is 0. The second-order valence-corrected chi connectivity index (χ2v) is 18.5. The molecular formula is C61H40N4S. The Hall–Kier alpha value is -8.25. The van der Waals surface area contributed by atoms with E-state index in [1.807, 2.05) is 0 Å². The molecule has 2 aliphatic rings. The van der Waals surface area contributed by atoms with Crippen LogP contribution in [0, 0.1) is 0 Å². The summed E-state index contributed by atoms with van der Waals surface area (Å²) in [5.41, 5.74) is 17.7. The molecule has 66 heavy (non-hydrogen) atoms. The maximum Gasteiger partial charge on any atom is 0.124 e. The van der Waals surface area contributed by atoms with E-state index < -0.39 is 0 Å². The maximum absolute atomic E-state index is 5.53. The van der Waals surface area contributed by atoms with Crippen LogP contribution >= 0.6 is 11.3 Å². The van der Waals surface area contributed by atoms with Crippen molar-refractivity contribution in [1.29, 1.82) is 0 Å². The number of hydrogen-bond acceptors (Lipinski definition) is 3. The van der Waals surface area contributed by atoms with Gasteiger partial charge in [-0.2, -0.15) is 0 Å². The Morgan fingerprint density at radius 2 is 0.848 bits per heavy atom. The lowest BCUT2D eigenvalue weighted by atomic mass is 9.91. The van der Waals surface area contributed by atoms with Gasteiger partial charge in [-0.25, -0.2) is 4.98 Å². The highest BCUT2D eigenvalue weighted by Crippen LogP contribution is 2.48. The molecule has 0 spiro atoms. The van der Waals surface area contributed by atoms with Crippen molar-refractivity contribution < 1.29 is 0 Å². The molecule has 0 saturated carbocycles. The maximum atomic E-state index is 5.53. The smallest absolute Gasteiger partial charge is 0.124 e. The van der Waals surface area contributed by atoms with Gasteiger partial charge in [-0.1, -0.05) is 152 Å². The highest BCUT2D eigenvalue weighted by molar-refractivity contribution is 7.22. The van der Waals surface area contributed by atoms with Crippen molar-refractivity contribution in [3.05, 3.63) is 236 Å². The van der Waals surface area contributed by atoms with Crippen molar-refractivity contribution in [2.45, 2.75) is 12.0 Å². The molecule has 0 saturated heterocycles. The molecule has 310 valence electrons. The van der Waals surface area contributed by atoms with Gasteiger partial charge in [0.2, 0.25) is 0 Å². The van der Waals surface area contributed by atoms with E-state index in [1.165, 1.54) is 76.4 Å². The summed E-state index contributed by atoms with van der Waals surface area (Å²) in [5.74, 6) is 0.346. The van der Waals surface area contributed by atoms with Crippen molar-refractivity contribution in [3.8, 4) is 44.2 Å². The average molecular weight is 861 g/mol. The number of aromatic nitrogens is 3. The van der Waals surface area contributed by atoms with E-state index in [0.717, 1.165) is 38.6 Å². The van der Waals surface area contributed by atoms with E-state index >= 15 is 0 Å². The van der Waals surface area contributed by atoms with E-state index in [-0.39, 0.29) is 6.04 Å². The van der Waals surface area contributed by atoms with Crippen molar-refractivity contribution in [2.24, 2.45) is 0 Å². The normalized spacial score (nSPS) is 15.4. The molecule has 5 heteroatoms. The van der Waals surface area contributed by atoms with Gasteiger partial charge >= 0.3 is 0 Å². The number of fused-ring (bicyclic) bond motifs is 10. The first-order valence-electron chi connectivity index (χ1n) is 22.7. The number of anilines is 2. The zero-order chi connectivity index (χ0) is 43.3. The predicted molar refractivity (Wildman–Crippen MR) is 278 cm³/mol. The minimum Gasteiger partial charge on any atom is -0.333 e. The second kappa shape index (κ2) is 14.6. The fraction of sp³-hybridized carbons (Fsp3) is 0.0328. The first kappa shape index (κ1) is 37.2. The van der Waals surface area contributed by atoms with Crippen LogP contribution in [0.4, 0.5) is 11.4 Å². The molecule has 9 aromatic carbocycles. The molecule has 14 rings (SSSR count). The number of benzene rings is 9. The van der Waals surface area contributed by atoms with Gasteiger partial charge in [0, 0.05) is 66.9 Å². The molecule has 0 bridgehead atoms. The van der Waals surface area contributed by atoms with Crippen LogP contribution in [-0.2, 0) is 0 Å². The van der Waals surface area contributed by atoms with Crippen molar-refractivity contribution in [1.82, 2.24) is 14.1 Å². The van der Waals surface area contributed by atoms with E-state index in [4.69, 9.17) is 4.98 Å². The lowest BCUT2D eigenvalue weighted by Gasteiger charge is -2.28. The van der Waals surface area contributed by atoms with Crippen molar-refractivity contribution in [2.75, 3.05) is 4.90 Å². The van der Waals surface area contributed by atoms with Crippen LogP contribution in [0.5, 0.6) is 0 Å². The molecule has 3 aromatic heterocycles. The molecule has 0 radical (unpaired) electrons. The quantitative estimate of drug-likeness (QED) is 0.166. The zero-order valence-corrected chi connectivity index (χ0v) is 36.6. The molecule has 0 N–H and O–H groups in total. The van der Waals surface area contributed by atoms with Crippen molar-refractivity contribution in [3.63, 3.8) is 0 Å². The van der Waals surface area contributed by atoms with Crippen LogP contribution in [0.1, 0.15) is 11.5 Å². The molecule has 0 amide bonds. The van der Waals surface area contributed by atoms with Gasteiger partial charge in [0.15, 0.2) is 0 Å². The highest BCUT2D eigenvalue weighted by atomic mass is 32.1. The van der Waals surface area contributed by atoms with Crippen LogP contribution in [0.3, 0.4) is 0 Å². The van der Waals surface area contributed by atoms with Gasteiger partial charge in [-0.15, -0.1) is 11.3 Å². The molecule has 4 nitrogen and oxygen atoms in total. The summed E-state index contributed by atoms with van der Waals surface area (Å²) in [6.45, 7) is 0. The zero-order valence-electron chi connectivity index (χ0n) is 35.8. The molecule has 1 aliphatic carbocycles. The number of para-hydroxylation sites is 5. The molecular weight excluding hydrogens is 821 g/mol. The van der Waals surface area contributed by atoms with Gasteiger partial charge in [0.25, 0.3) is 0 Å². The third-order valence-electron chi connectivity index (χ3n) is 13.9. The Labute approximate surface area is 385 Å². The first-order chi connectivity index (χ1) is 32.7. The van der Waals surface area contributed by atoms with E-state index in [9.17, 15) is 0 Å². The molecule has 4 heterocycles. The molecule has 2 atom stereocenters. The fourth-order valence-corrected chi connectivity index (χ4v) is 12.1. The number of nitrogens with zero attached hydrogens (tertiary/aromatic N) is 4. The fourth-order valence-electron chi connectivity index (χ4n) is 10.9. The van der Waals surface area contributed by atoms with Gasteiger partial charge in [0.1, 0.15) is 5.01 Å². The van der Waals surface area contributed by atoms with Gasteiger partial charge in [0.05, 0.1) is 38.3 Å². The topological polar surface area (TPSA) is 26.0 Å². The van der Waals surface area contributed by atoms with E-state index in [1.54, 1.807) is 11.3 Å². The van der Waals surface area contributed by atoms with Crippen LogP contribution in [-0.4, -0.2) is 20.2 Å². The Kier molecular flexibility index (Phi) is 8.24. The predicted octanol–water partition coefficient (Wildman–Crippen LogP) is 16.2. The van der Waals surface area contributed by atoms with Crippen LogP contribution < -0.4 is 4.90 Å². The minimum atomic E-state index is 0.258. The number of rotatable bonds is 6. The Morgan fingerprint density at radius 1 is 0.394 bits per heavy atom. The minimum absolute atomic E-state index is 0.258. The van der Waals surface area contributed by atoms with E-state index in [2.05, 4.69) is 245 Å². The first-order valence-corrected chi connectivity index (χ1v) is 23.5. The lowest BCUT2D eigenvalue weighted by molar-refractivity contribution is 0.745. The Morgan fingerprint density at radius 3 is 1.42 bits per heavy atom. The van der Waals surface area contributed by atoms with Crippen LogP contribution in [0.15, 0.2) is 231 Å². The third kappa shape index (κ3) is 5.60. The number of allylic oxidation sites excluding steroid dienone is 2. The van der Waals surface area contributed by atoms with Crippen LogP contribution in [0.2, 0.25) is 0 Å². The SMILES string of the molecule is C1=CC2c3ccccc3N(c3ccc(-c4nc5c(-c6ccc(-n7c8ccccc8c8ccccc87)cc6)ccc(-c6ccc(-n7c8ccccc8c8ccccc87)cc6)c5s4)cc3)C2C=C1. The summed E-state index contributed by atoms with van der Waals surface area (Å²) >= 11 is 1.78. The monoisotopic (exact) mass is 860 g/mol. The summed E-state index contributed by atoms with van der Waals surface area (Å²) in [4.78, 5) is 8.02. The summed E-state index contributed by atoms with van der Waals surface area (Å²) in [6.07, 6.45) is 9.03. The second-order valence-electron chi connectivity index (χ2n) is 17.5. The Balaban J connectivity index is 0.883. The molecule has 1 aliphatic heterocycles. The van der Waals surface area contributed by atoms with Crippen LogP contribution in [0.25, 0.3) is 98.0 Å². The standard InChI is InChI=1S/C61H40N4S/c1-7-19-53-47(13-1)48-14-2-8-20-54(48)63(53)42-31-25-39(26-32-42)45-37-38-46(40-27-33-43(34-28-40)64-55-21-9-3-15-49(55)50-16-4-10-22-56(50)64)60-59(45)62-61(66-60)41-29-35-44(36-30-41)65-57-23-11-5-17-51(57)52-18-6-12-24-58(52)65/h1-38,51,57H. The van der Waals surface area contributed by atoms with Gasteiger partial charge < -0.3 is 14.0 Å². The average Bonchev–Trinajstić information content (AvgIpc) is 4.15. The summed E-state index contributed by atoms with van der Waals surface area (Å²) < 4.78 is 5.94. The van der Waals surface area contributed by atoms with Crippen molar-refractivity contribution >= 4 is 76.5 Å². The lowest BCUT2D eigenvalue weighted by Crippen LogP contribution is -2.28. The van der Waals surface area contributed by atoms with Gasteiger partial charge in [-0.3, -0.25) is 0 Å². The molecule has 0 fully saturated rings. The molecule has 12 aromatic rings.